The largest absolute Gasteiger partial charge is 0.493 e. The molecule has 7 nitrogen and oxygen atoms in total. The van der Waals surface area contributed by atoms with Crippen LogP contribution in [0.4, 0.5) is 13.2 Å². The average Bonchev–Trinajstić information content (AvgIpc) is 3.12. The first-order valence-corrected chi connectivity index (χ1v) is 6.45. The van der Waals surface area contributed by atoms with Gasteiger partial charge in [0.1, 0.15) is 11.4 Å². The highest BCUT2D eigenvalue weighted by atomic mass is 19.4. The number of rotatable bonds is 3. The third kappa shape index (κ3) is 2.62. The average molecular weight is 328 g/mol. The Kier molecular flexibility index (Phi) is 3.31. The lowest BCUT2D eigenvalue weighted by Gasteiger charge is -2.07. The number of furan rings is 1. The molecule has 0 atom stereocenters. The summed E-state index contributed by atoms with van der Waals surface area (Å²) in [6.45, 7) is 1.32. The second kappa shape index (κ2) is 5.07. The molecule has 0 amide bonds. The molecule has 0 bridgehead atoms. The van der Waals surface area contributed by atoms with Crippen LogP contribution in [-0.4, -0.2) is 24.6 Å². The van der Waals surface area contributed by atoms with E-state index in [1.165, 1.54) is 19.4 Å². The van der Waals surface area contributed by atoms with Crippen LogP contribution in [0.3, 0.4) is 0 Å². The molecule has 0 saturated heterocycles. The summed E-state index contributed by atoms with van der Waals surface area (Å²) in [6, 6.07) is 1.04. The van der Waals surface area contributed by atoms with Crippen molar-refractivity contribution in [3.8, 4) is 11.6 Å². The molecule has 0 unspecified atom stereocenters. The van der Waals surface area contributed by atoms with Crippen molar-refractivity contribution in [2.24, 2.45) is 0 Å². The molecule has 0 fully saturated rings. The van der Waals surface area contributed by atoms with E-state index < -0.39 is 29.2 Å². The molecule has 0 aliphatic rings. The van der Waals surface area contributed by atoms with E-state index >= 15 is 0 Å². The lowest BCUT2D eigenvalue weighted by Crippen LogP contribution is -2.17. The first kappa shape index (κ1) is 15.0. The lowest BCUT2D eigenvalue weighted by atomic mass is 10.2. The fourth-order valence-electron chi connectivity index (χ4n) is 2.26. The SMILES string of the molecule is Cc1cc(-n2c(O)c(Cc3cnc[nH]3)[nH]c2=O)c(C(F)(F)F)o1. The topological polar surface area (TPSA) is 99.8 Å². The quantitative estimate of drug-likeness (QED) is 0.685. The van der Waals surface area contributed by atoms with Gasteiger partial charge in [-0.3, -0.25) is 0 Å². The van der Waals surface area contributed by atoms with Gasteiger partial charge < -0.3 is 19.5 Å². The predicted octanol–water partition coefficient (Wildman–Crippen LogP) is 2.11. The standard InChI is InChI=1S/C13H11F3N4O3/c1-6-2-9(10(23-6)13(14,15)16)20-11(21)8(19-12(20)22)3-7-4-17-5-18-7/h2,4-5,21H,3H2,1H3,(H,17,18)(H,19,22). The van der Waals surface area contributed by atoms with E-state index in [-0.39, 0.29) is 17.9 Å². The maximum atomic E-state index is 13.0. The zero-order valence-electron chi connectivity index (χ0n) is 11.7. The van der Waals surface area contributed by atoms with Crippen molar-refractivity contribution in [2.45, 2.75) is 19.5 Å². The Labute approximate surface area is 126 Å². The Morgan fingerprint density at radius 1 is 1.43 bits per heavy atom. The monoisotopic (exact) mass is 328 g/mol. The lowest BCUT2D eigenvalue weighted by molar-refractivity contribution is -0.153. The molecule has 3 rings (SSSR count). The number of aromatic amines is 2. The Balaban J connectivity index is 2.12. The van der Waals surface area contributed by atoms with E-state index in [9.17, 15) is 23.1 Å². The molecular weight excluding hydrogens is 317 g/mol. The molecule has 0 saturated carbocycles. The molecule has 3 N–H and O–H groups in total. The first-order valence-electron chi connectivity index (χ1n) is 6.45. The molecule has 0 aromatic carbocycles. The van der Waals surface area contributed by atoms with E-state index in [0.717, 1.165) is 6.07 Å². The summed E-state index contributed by atoms with van der Waals surface area (Å²) in [5.41, 5.74) is -0.827. The molecule has 23 heavy (non-hydrogen) atoms. The number of halogens is 3. The molecule has 0 aliphatic carbocycles. The van der Waals surface area contributed by atoms with Crippen molar-refractivity contribution >= 4 is 0 Å². The second-order valence-corrected chi connectivity index (χ2v) is 4.89. The van der Waals surface area contributed by atoms with Crippen LogP contribution in [0.5, 0.6) is 5.88 Å². The van der Waals surface area contributed by atoms with Gasteiger partial charge in [-0.05, 0) is 6.92 Å². The molecule has 3 aromatic heterocycles. The van der Waals surface area contributed by atoms with Gasteiger partial charge in [0.15, 0.2) is 0 Å². The highest BCUT2D eigenvalue weighted by molar-refractivity contribution is 5.43. The summed E-state index contributed by atoms with van der Waals surface area (Å²) in [7, 11) is 0. The van der Waals surface area contributed by atoms with E-state index in [4.69, 9.17) is 0 Å². The van der Waals surface area contributed by atoms with Crippen LogP contribution in [0.15, 0.2) is 27.8 Å². The Bertz CT molecular complexity index is 887. The van der Waals surface area contributed by atoms with Crippen molar-refractivity contribution in [1.29, 1.82) is 0 Å². The Morgan fingerprint density at radius 3 is 2.78 bits per heavy atom. The van der Waals surface area contributed by atoms with E-state index in [1.807, 2.05) is 0 Å². The number of aryl methyl sites for hydroxylation is 1. The van der Waals surface area contributed by atoms with E-state index in [2.05, 4.69) is 19.4 Å². The van der Waals surface area contributed by atoms with Crippen LogP contribution < -0.4 is 5.69 Å². The van der Waals surface area contributed by atoms with Crippen molar-refractivity contribution < 1.29 is 22.7 Å². The fraction of sp³-hybridized carbons (Fsp3) is 0.231. The number of imidazole rings is 2. The number of alkyl halides is 3. The highest BCUT2D eigenvalue weighted by Crippen LogP contribution is 2.37. The van der Waals surface area contributed by atoms with Crippen LogP contribution in [-0.2, 0) is 12.6 Å². The fourth-order valence-corrected chi connectivity index (χ4v) is 2.26. The van der Waals surface area contributed by atoms with Crippen LogP contribution in [0.25, 0.3) is 5.69 Å². The summed E-state index contributed by atoms with van der Waals surface area (Å²) < 4.78 is 44.2. The smallest absolute Gasteiger partial charge is 0.451 e. The summed E-state index contributed by atoms with van der Waals surface area (Å²) >= 11 is 0. The zero-order chi connectivity index (χ0) is 16.8. The minimum absolute atomic E-state index is 0.0325. The number of hydrogen-bond donors (Lipinski definition) is 3. The molecule has 0 spiro atoms. The normalized spacial score (nSPS) is 12.0. The van der Waals surface area contributed by atoms with E-state index in [1.54, 1.807) is 0 Å². The number of hydrogen-bond acceptors (Lipinski definition) is 4. The van der Waals surface area contributed by atoms with Gasteiger partial charge in [0.25, 0.3) is 0 Å². The molecule has 0 radical (unpaired) electrons. The number of nitrogens with zero attached hydrogens (tertiary/aromatic N) is 2. The van der Waals surface area contributed by atoms with Gasteiger partial charge in [-0.15, -0.1) is 0 Å². The molecule has 122 valence electrons. The number of aromatic nitrogens is 4. The van der Waals surface area contributed by atoms with Gasteiger partial charge >= 0.3 is 11.9 Å². The number of nitrogens with one attached hydrogen (secondary N) is 2. The predicted molar refractivity (Wildman–Crippen MR) is 71.5 cm³/mol. The van der Waals surface area contributed by atoms with Crippen LogP contribution in [0.1, 0.15) is 22.9 Å². The third-order valence-electron chi connectivity index (χ3n) is 3.20. The third-order valence-corrected chi connectivity index (χ3v) is 3.20. The highest BCUT2D eigenvalue weighted by Gasteiger charge is 2.40. The van der Waals surface area contributed by atoms with Gasteiger partial charge in [-0.1, -0.05) is 0 Å². The van der Waals surface area contributed by atoms with Gasteiger partial charge in [-0.2, -0.15) is 13.2 Å². The van der Waals surface area contributed by atoms with Gasteiger partial charge in [0.2, 0.25) is 11.6 Å². The van der Waals surface area contributed by atoms with Crippen molar-refractivity contribution in [3.63, 3.8) is 0 Å². The Morgan fingerprint density at radius 2 is 2.17 bits per heavy atom. The molecule has 0 aliphatic heterocycles. The summed E-state index contributed by atoms with van der Waals surface area (Å²) in [5, 5.41) is 10.1. The molecular formula is C13H11F3N4O3. The van der Waals surface area contributed by atoms with E-state index in [0.29, 0.717) is 10.3 Å². The summed E-state index contributed by atoms with van der Waals surface area (Å²) in [4.78, 5) is 20.9. The maximum Gasteiger partial charge on any atom is 0.451 e. The van der Waals surface area contributed by atoms with Gasteiger partial charge in [0, 0.05) is 24.4 Å². The zero-order valence-corrected chi connectivity index (χ0v) is 11.7. The second-order valence-electron chi connectivity index (χ2n) is 4.89. The Hall–Kier alpha value is -2.91. The van der Waals surface area contributed by atoms with Crippen LogP contribution in [0.2, 0.25) is 0 Å². The van der Waals surface area contributed by atoms with Crippen LogP contribution >= 0.6 is 0 Å². The first-order chi connectivity index (χ1) is 10.8. The molecule has 3 aromatic rings. The number of H-pyrrole nitrogens is 2. The van der Waals surface area contributed by atoms with Crippen molar-refractivity contribution in [2.75, 3.05) is 0 Å². The maximum absolute atomic E-state index is 13.0. The molecule has 3 heterocycles. The number of aromatic hydroxyl groups is 1. The van der Waals surface area contributed by atoms with Crippen LogP contribution in [0, 0.1) is 6.92 Å². The van der Waals surface area contributed by atoms with Crippen molar-refractivity contribution in [3.05, 3.63) is 52.0 Å². The molecule has 10 heteroatoms. The minimum atomic E-state index is -4.80. The van der Waals surface area contributed by atoms with Gasteiger partial charge in [0.05, 0.1) is 12.0 Å². The summed E-state index contributed by atoms with van der Waals surface area (Å²) in [5.74, 6) is -2.00. The summed E-state index contributed by atoms with van der Waals surface area (Å²) in [6.07, 6.45) is -1.84. The van der Waals surface area contributed by atoms with Crippen molar-refractivity contribution in [1.82, 2.24) is 19.5 Å². The van der Waals surface area contributed by atoms with Gasteiger partial charge in [-0.25, -0.2) is 14.3 Å². The minimum Gasteiger partial charge on any atom is -0.493 e.